The lowest BCUT2D eigenvalue weighted by Crippen LogP contribution is -2.33. The molecule has 2 amide bonds. The number of hydrogen-bond donors (Lipinski definition) is 1. The van der Waals surface area contributed by atoms with Gasteiger partial charge >= 0.3 is 0 Å². The second-order valence-corrected chi connectivity index (χ2v) is 9.62. The minimum absolute atomic E-state index is 0.0696. The quantitative estimate of drug-likeness (QED) is 0.558. The standard InChI is InChI=1S/C28H31N5O3/c1-19-12-14-32(15-13-19)26-11-10-25(30-31-26)20-6-8-22(9-7-20)29-28(35)21-16-27(34)33(18-21)23-4-3-5-24(17-23)36-2/h3-11,17,19,21H,12-16,18H2,1-2H3,(H,29,35). The summed E-state index contributed by atoms with van der Waals surface area (Å²) in [5.74, 6) is 1.71. The number of aromatic nitrogens is 2. The fourth-order valence-electron chi connectivity index (χ4n) is 4.77. The highest BCUT2D eigenvalue weighted by molar-refractivity contribution is 6.03. The molecule has 1 aromatic heterocycles. The van der Waals surface area contributed by atoms with E-state index in [0.29, 0.717) is 18.0 Å². The predicted octanol–water partition coefficient (Wildman–Crippen LogP) is 4.38. The van der Waals surface area contributed by atoms with E-state index in [-0.39, 0.29) is 18.2 Å². The fraction of sp³-hybridized carbons (Fsp3) is 0.357. The molecule has 2 aliphatic rings. The number of benzene rings is 2. The zero-order chi connectivity index (χ0) is 25.1. The van der Waals surface area contributed by atoms with Gasteiger partial charge in [-0.25, -0.2) is 0 Å². The molecule has 36 heavy (non-hydrogen) atoms. The molecule has 2 fully saturated rings. The van der Waals surface area contributed by atoms with E-state index in [4.69, 9.17) is 4.74 Å². The Hall–Kier alpha value is -3.94. The Balaban J connectivity index is 1.19. The Kier molecular flexibility index (Phi) is 6.84. The Bertz CT molecular complexity index is 1220. The maximum Gasteiger partial charge on any atom is 0.229 e. The van der Waals surface area contributed by atoms with Gasteiger partial charge in [0, 0.05) is 49.1 Å². The number of nitrogens with one attached hydrogen (secondary N) is 1. The lowest BCUT2D eigenvalue weighted by Gasteiger charge is -2.30. The van der Waals surface area contributed by atoms with E-state index < -0.39 is 5.92 Å². The minimum atomic E-state index is -0.417. The van der Waals surface area contributed by atoms with Crippen molar-refractivity contribution in [2.75, 3.05) is 41.9 Å². The molecule has 3 heterocycles. The molecule has 5 rings (SSSR count). The van der Waals surface area contributed by atoms with Crippen molar-refractivity contribution in [2.45, 2.75) is 26.2 Å². The number of amides is 2. The van der Waals surface area contributed by atoms with Gasteiger partial charge in [0.25, 0.3) is 0 Å². The molecule has 1 N–H and O–H groups in total. The van der Waals surface area contributed by atoms with Gasteiger partial charge in [0.2, 0.25) is 11.8 Å². The van der Waals surface area contributed by atoms with Crippen LogP contribution in [0.15, 0.2) is 60.7 Å². The van der Waals surface area contributed by atoms with E-state index >= 15 is 0 Å². The van der Waals surface area contributed by atoms with Gasteiger partial charge in [0.15, 0.2) is 5.82 Å². The minimum Gasteiger partial charge on any atom is -0.497 e. The molecule has 2 saturated heterocycles. The van der Waals surface area contributed by atoms with Crippen LogP contribution in [0.3, 0.4) is 0 Å². The molecular formula is C28H31N5O3. The average Bonchev–Trinajstić information content (AvgIpc) is 3.31. The summed E-state index contributed by atoms with van der Waals surface area (Å²) >= 11 is 0. The summed E-state index contributed by atoms with van der Waals surface area (Å²) in [7, 11) is 1.59. The molecule has 0 saturated carbocycles. The summed E-state index contributed by atoms with van der Waals surface area (Å²) in [5.41, 5.74) is 3.14. The third-order valence-electron chi connectivity index (χ3n) is 7.07. The van der Waals surface area contributed by atoms with Gasteiger partial charge in [-0.15, -0.1) is 10.2 Å². The summed E-state index contributed by atoms with van der Waals surface area (Å²) in [6, 6.07) is 18.9. The zero-order valence-electron chi connectivity index (χ0n) is 20.7. The lowest BCUT2D eigenvalue weighted by atomic mass is 9.99. The number of methoxy groups -OCH3 is 1. The number of ether oxygens (including phenoxy) is 1. The summed E-state index contributed by atoms with van der Waals surface area (Å²) in [6.45, 7) is 4.68. The van der Waals surface area contributed by atoms with Crippen molar-refractivity contribution in [3.63, 3.8) is 0 Å². The zero-order valence-corrected chi connectivity index (χ0v) is 20.7. The predicted molar refractivity (Wildman–Crippen MR) is 140 cm³/mol. The van der Waals surface area contributed by atoms with Gasteiger partial charge in [-0.2, -0.15) is 0 Å². The van der Waals surface area contributed by atoms with E-state index in [1.807, 2.05) is 54.6 Å². The van der Waals surface area contributed by atoms with Crippen LogP contribution in [0.5, 0.6) is 5.75 Å². The average molecular weight is 486 g/mol. The molecule has 3 aromatic rings. The first-order chi connectivity index (χ1) is 17.5. The summed E-state index contributed by atoms with van der Waals surface area (Å²) in [6.07, 6.45) is 2.55. The van der Waals surface area contributed by atoms with Crippen molar-refractivity contribution in [3.05, 3.63) is 60.7 Å². The number of carbonyl (C=O) groups excluding carboxylic acids is 2. The number of anilines is 3. The summed E-state index contributed by atoms with van der Waals surface area (Å²) < 4.78 is 5.25. The van der Waals surface area contributed by atoms with E-state index in [0.717, 1.165) is 41.8 Å². The SMILES string of the molecule is COc1cccc(N2CC(C(=O)Nc3ccc(-c4ccc(N5CCC(C)CC5)nn4)cc3)CC2=O)c1. The highest BCUT2D eigenvalue weighted by atomic mass is 16.5. The van der Waals surface area contributed by atoms with Gasteiger partial charge in [0.05, 0.1) is 18.7 Å². The molecule has 0 spiro atoms. The number of piperidine rings is 1. The Morgan fingerprint density at radius 3 is 2.50 bits per heavy atom. The van der Waals surface area contributed by atoms with Gasteiger partial charge in [-0.05, 0) is 55.2 Å². The van der Waals surface area contributed by atoms with Crippen LogP contribution < -0.4 is 19.9 Å². The monoisotopic (exact) mass is 485 g/mol. The smallest absolute Gasteiger partial charge is 0.229 e. The maximum atomic E-state index is 12.9. The van der Waals surface area contributed by atoms with Crippen molar-refractivity contribution >= 4 is 29.0 Å². The fourth-order valence-corrected chi connectivity index (χ4v) is 4.77. The van der Waals surface area contributed by atoms with Crippen molar-refractivity contribution in [3.8, 4) is 17.0 Å². The molecule has 8 heteroatoms. The molecule has 8 nitrogen and oxygen atoms in total. The van der Waals surface area contributed by atoms with Crippen LogP contribution in [0.4, 0.5) is 17.2 Å². The van der Waals surface area contributed by atoms with Gasteiger partial charge < -0.3 is 19.9 Å². The van der Waals surface area contributed by atoms with E-state index in [2.05, 4.69) is 27.3 Å². The van der Waals surface area contributed by atoms with Gasteiger partial charge in [0.1, 0.15) is 5.75 Å². The Morgan fingerprint density at radius 2 is 1.81 bits per heavy atom. The first kappa shape index (κ1) is 23.8. The summed E-state index contributed by atoms with van der Waals surface area (Å²) in [5, 5.41) is 11.8. The lowest BCUT2D eigenvalue weighted by molar-refractivity contribution is -0.122. The molecule has 0 bridgehead atoms. The first-order valence-corrected chi connectivity index (χ1v) is 12.4. The van der Waals surface area contributed by atoms with E-state index in [9.17, 15) is 9.59 Å². The molecular weight excluding hydrogens is 454 g/mol. The molecule has 186 valence electrons. The van der Waals surface area contributed by atoms with Crippen molar-refractivity contribution < 1.29 is 14.3 Å². The van der Waals surface area contributed by atoms with Crippen molar-refractivity contribution in [1.29, 1.82) is 0 Å². The van der Waals surface area contributed by atoms with Crippen LogP contribution >= 0.6 is 0 Å². The number of carbonyl (C=O) groups is 2. The summed E-state index contributed by atoms with van der Waals surface area (Å²) in [4.78, 5) is 29.4. The van der Waals surface area contributed by atoms with E-state index in [1.54, 1.807) is 18.1 Å². The van der Waals surface area contributed by atoms with Crippen LogP contribution in [0.25, 0.3) is 11.3 Å². The molecule has 1 unspecified atom stereocenters. The topological polar surface area (TPSA) is 87.7 Å². The number of nitrogens with zero attached hydrogens (tertiary/aromatic N) is 4. The van der Waals surface area contributed by atoms with Crippen LogP contribution in [0, 0.1) is 11.8 Å². The highest BCUT2D eigenvalue weighted by Crippen LogP contribution is 2.29. The number of rotatable bonds is 6. The second-order valence-electron chi connectivity index (χ2n) is 9.62. The number of hydrogen-bond acceptors (Lipinski definition) is 6. The highest BCUT2D eigenvalue weighted by Gasteiger charge is 2.35. The molecule has 1 atom stereocenters. The molecule has 2 aromatic carbocycles. The Morgan fingerprint density at radius 1 is 1.03 bits per heavy atom. The van der Waals surface area contributed by atoms with Crippen LogP contribution in [-0.4, -0.2) is 48.8 Å². The van der Waals surface area contributed by atoms with Crippen LogP contribution in [-0.2, 0) is 9.59 Å². The van der Waals surface area contributed by atoms with Gasteiger partial charge in [-0.3, -0.25) is 9.59 Å². The van der Waals surface area contributed by atoms with Crippen molar-refractivity contribution in [2.24, 2.45) is 11.8 Å². The van der Waals surface area contributed by atoms with Crippen molar-refractivity contribution in [1.82, 2.24) is 10.2 Å². The largest absolute Gasteiger partial charge is 0.497 e. The second kappa shape index (κ2) is 10.4. The maximum absolute atomic E-state index is 12.9. The molecule has 0 aliphatic carbocycles. The van der Waals surface area contributed by atoms with Gasteiger partial charge in [-0.1, -0.05) is 25.1 Å². The molecule has 0 radical (unpaired) electrons. The first-order valence-electron chi connectivity index (χ1n) is 12.4. The normalized spacial score (nSPS) is 18.4. The van der Waals surface area contributed by atoms with E-state index in [1.165, 1.54) is 12.8 Å². The third kappa shape index (κ3) is 5.17. The van der Waals surface area contributed by atoms with Crippen LogP contribution in [0.2, 0.25) is 0 Å². The Labute approximate surface area is 211 Å². The third-order valence-corrected chi connectivity index (χ3v) is 7.07. The molecule has 2 aliphatic heterocycles. The van der Waals surface area contributed by atoms with Crippen LogP contribution in [0.1, 0.15) is 26.2 Å².